The van der Waals surface area contributed by atoms with Crippen molar-refractivity contribution in [2.24, 2.45) is 0 Å². The number of morpholine rings is 1. The lowest BCUT2D eigenvalue weighted by Crippen LogP contribution is -2.57. The largest absolute Gasteiger partial charge is 0.492 e. The molecule has 1 N–H and O–H groups in total. The van der Waals surface area contributed by atoms with Crippen LogP contribution in [0.3, 0.4) is 0 Å². The van der Waals surface area contributed by atoms with Gasteiger partial charge in [-0.3, -0.25) is 10.2 Å². The highest BCUT2D eigenvalue weighted by molar-refractivity contribution is 6.02. The van der Waals surface area contributed by atoms with Crippen LogP contribution in [0, 0.1) is 0 Å². The number of ether oxygens (including phenoxy) is 3. The zero-order valence-electron chi connectivity index (χ0n) is 19.9. The van der Waals surface area contributed by atoms with E-state index in [1.54, 1.807) is 0 Å². The van der Waals surface area contributed by atoms with Crippen molar-refractivity contribution in [3.05, 3.63) is 36.4 Å². The van der Waals surface area contributed by atoms with Crippen molar-refractivity contribution in [3.8, 4) is 5.75 Å². The highest BCUT2D eigenvalue weighted by Crippen LogP contribution is 2.32. The van der Waals surface area contributed by atoms with E-state index in [9.17, 15) is 4.79 Å². The normalized spacial score (nSPS) is 18.5. The van der Waals surface area contributed by atoms with Crippen molar-refractivity contribution in [1.29, 1.82) is 0 Å². The van der Waals surface area contributed by atoms with Gasteiger partial charge in [-0.25, -0.2) is 4.79 Å². The molecule has 0 atom stereocenters. The third kappa shape index (κ3) is 6.58. The Kier molecular flexibility index (Phi) is 6.53. The molecule has 170 valence electrons. The lowest BCUT2D eigenvalue weighted by atomic mass is 9.99. The fraction of sp³-hybridized carbons (Fsp3) is 0.560. The molecule has 1 heterocycles. The van der Waals surface area contributed by atoms with Crippen LogP contribution in [0.15, 0.2) is 36.4 Å². The Morgan fingerprint density at radius 2 is 1.65 bits per heavy atom. The van der Waals surface area contributed by atoms with Crippen LogP contribution >= 0.6 is 0 Å². The molecule has 1 saturated heterocycles. The number of carbonyl (C=O) groups excluding carboxylic acids is 1. The number of nitrogens with one attached hydrogen (secondary N) is 1. The van der Waals surface area contributed by atoms with Crippen LogP contribution in [0.1, 0.15) is 48.5 Å². The molecule has 1 aliphatic heterocycles. The molecule has 2 aromatic rings. The average Bonchev–Trinajstić information content (AvgIpc) is 2.59. The van der Waals surface area contributed by atoms with Gasteiger partial charge in [0.1, 0.15) is 18.0 Å². The van der Waals surface area contributed by atoms with Gasteiger partial charge in [0.05, 0.1) is 16.9 Å². The summed E-state index contributed by atoms with van der Waals surface area (Å²) in [4.78, 5) is 14.6. The fourth-order valence-corrected chi connectivity index (χ4v) is 4.31. The number of fused-ring (bicyclic) bond motifs is 1. The molecule has 0 aromatic heterocycles. The van der Waals surface area contributed by atoms with E-state index < -0.39 is 11.7 Å². The number of nitrogens with zero attached hydrogens (tertiary/aromatic N) is 1. The molecule has 0 bridgehead atoms. The molecule has 1 fully saturated rings. The van der Waals surface area contributed by atoms with Gasteiger partial charge in [0.2, 0.25) is 0 Å². The van der Waals surface area contributed by atoms with Crippen molar-refractivity contribution in [2.45, 2.75) is 65.3 Å². The summed E-state index contributed by atoms with van der Waals surface area (Å²) in [5.41, 5.74) is -0.202. The number of amides is 1. The molecule has 0 aliphatic carbocycles. The maximum absolute atomic E-state index is 12.2. The van der Waals surface area contributed by atoms with E-state index in [1.807, 2.05) is 57.2 Å². The zero-order chi connectivity index (χ0) is 22.9. The maximum Gasteiger partial charge on any atom is 0.412 e. The van der Waals surface area contributed by atoms with Crippen LogP contribution in [0.4, 0.5) is 10.5 Å². The summed E-state index contributed by atoms with van der Waals surface area (Å²) in [6, 6.07) is 11.7. The second-order valence-corrected chi connectivity index (χ2v) is 10.5. The number of anilines is 1. The van der Waals surface area contributed by atoms with Gasteiger partial charge in [0, 0.05) is 30.4 Å². The minimum atomic E-state index is -0.550. The van der Waals surface area contributed by atoms with Crippen LogP contribution in [0.25, 0.3) is 10.8 Å². The van der Waals surface area contributed by atoms with E-state index in [4.69, 9.17) is 14.2 Å². The predicted molar refractivity (Wildman–Crippen MR) is 125 cm³/mol. The average molecular weight is 429 g/mol. The minimum Gasteiger partial charge on any atom is -0.492 e. The number of carbonyl (C=O) groups is 1. The van der Waals surface area contributed by atoms with Crippen LogP contribution in [0.5, 0.6) is 5.75 Å². The van der Waals surface area contributed by atoms with Gasteiger partial charge in [0.25, 0.3) is 0 Å². The lowest BCUT2D eigenvalue weighted by Gasteiger charge is -2.47. The molecule has 3 rings (SSSR count). The first-order chi connectivity index (χ1) is 14.3. The SMILES string of the molecule is CC(C)(C)OC(=O)Nc1ccc(OCCN2CC(C)(C)OC(C)(C)C2)c2ccccc12. The molecular formula is C25H36N2O4. The molecule has 6 heteroatoms. The van der Waals surface area contributed by atoms with Crippen LogP contribution in [0.2, 0.25) is 0 Å². The molecule has 2 aromatic carbocycles. The monoisotopic (exact) mass is 428 g/mol. The van der Waals surface area contributed by atoms with Gasteiger partial charge in [-0.2, -0.15) is 0 Å². The van der Waals surface area contributed by atoms with Crippen molar-refractivity contribution >= 4 is 22.6 Å². The number of hydrogen-bond acceptors (Lipinski definition) is 5. The van der Waals surface area contributed by atoms with E-state index in [-0.39, 0.29) is 11.2 Å². The Balaban J connectivity index is 1.69. The second kappa shape index (κ2) is 8.67. The van der Waals surface area contributed by atoms with Crippen molar-refractivity contribution in [2.75, 3.05) is 31.6 Å². The topological polar surface area (TPSA) is 60.0 Å². The fourth-order valence-electron chi connectivity index (χ4n) is 4.31. The van der Waals surface area contributed by atoms with Gasteiger partial charge in [-0.1, -0.05) is 24.3 Å². The number of benzene rings is 2. The highest BCUT2D eigenvalue weighted by atomic mass is 16.6. The summed E-state index contributed by atoms with van der Waals surface area (Å²) in [5, 5.41) is 4.73. The lowest BCUT2D eigenvalue weighted by molar-refractivity contribution is -0.181. The minimum absolute atomic E-state index is 0.177. The number of rotatable bonds is 5. The van der Waals surface area contributed by atoms with Gasteiger partial charge >= 0.3 is 6.09 Å². The Hall–Kier alpha value is -2.31. The predicted octanol–water partition coefficient (Wildman–Crippen LogP) is 5.46. The van der Waals surface area contributed by atoms with E-state index in [2.05, 4.69) is 37.9 Å². The molecule has 6 nitrogen and oxygen atoms in total. The van der Waals surface area contributed by atoms with E-state index >= 15 is 0 Å². The molecule has 0 unspecified atom stereocenters. The third-order valence-corrected chi connectivity index (χ3v) is 4.95. The summed E-state index contributed by atoms with van der Waals surface area (Å²) in [6.45, 7) is 17.2. The first-order valence-corrected chi connectivity index (χ1v) is 10.9. The summed E-state index contributed by atoms with van der Waals surface area (Å²) in [6.07, 6.45) is -0.469. The Labute approximate surface area is 185 Å². The first kappa shape index (κ1) is 23.4. The molecule has 1 amide bonds. The number of hydrogen-bond donors (Lipinski definition) is 1. The van der Waals surface area contributed by atoms with Gasteiger partial charge in [-0.15, -0.1) is 0 Å². The zero-order valence-corrected chi connectivity index (χ0v) is 19.9. The van der Waals surface area contributed by atoms with Crippen molar-refractivity contribution < 1.29 is 19.0 Å². The summed E-state index contributed by atoms with van der Waals surface area (Å²) in [7, 11) is 0. The summed E-state index contributed by atoms with van der Waals surface area (Å²) < 4.78 is 17.7. The Bertz CT molecular complexity index is 915. The quantitative estimate of drug-likeness (QED) is 0.686. The van der Waals surface area contributed by atoms with E-state index in [1.165, 1.54) is 0 Å². The van der Waals surface area contributed by atoms with E-state index in [0.29, 0.717) is 12.3 Å². The van der Waals surface area contributed by atoms with Gasteiger partial charge in [0.15, 0.2) is 0 Å². The Morgan fingerprint density at radius 3 is 2.26 bits per heavy atom. The molecule has 0 spiro atoms. The summed E-state index contributed by atoms with van der Waals surface area (Å²) >= 11 is 0. The standard InChI is InChI=1S/C25H36N2O4/c1-23(2,3)30-22(28)26-20-12-13-21(19-11-9-8-10-18(19)20)29-15-14-27-16-24(4,5)31-25(6,7)17-27/h8-13H,14-17H2,1-7H3,(H,26,28). The molecule has 1 aliphatic rings. The molecule has 31 heavy (non-hydrogen) atoms. The molecule has 0 radical (unpaired) electrons. The molecule has 0 saturated carbocycles. The maximum atomic E-state index is 12.2. The smallest absolute Gasteiger partial charge is 0.412 e. The van der Waals surface area contributed by atoms with Crippen molar-refractivity contribution in [1.82, 2.24) is 4.90 Å². The van der Waals surface area contributed by atoms with E-state index in [0.717, 1.165) is 36.2 Å². The third-order valence-electron chi connectivity index (χ3n) is 4.95. The first-order valence-electron chi connectivity index (χ1n) is 10.9. The van der Waals surface area contributed by atoms with Crippen LogP contribution in [-0.2, 0) is 9.47 Å². The van der Waals surface area contributed by atoms with Crippen LogP contribution < -0.4 is 10.1 Å². The van der Waals surface area contributed by atoms with Gasteiger partial charge < -0.3 is 14.2 Å². The highest BCUT2D eigenvalue weighted by Gasteiger charge is 2.37. The van der Waals surface area contributed by atoms with Crippen LogP contribution in [-0.4, -0.2) is 54.0 Å². The van der Waals surface area contributed by atoms with Gasteiger partial charge in [-0.05, 0) is 60.6 Å². The Morgan fingerprint density at radius 1 is 1.03 bits per heavy atom. The van der Waals surface area contributed by atoms with Crippen molar-refractivity contribution in [3.63, 3.8) is 0 Å². The summed E-state index contributed by atoms with van der Waals surface area (Å²) in [5.74, 6) is 0.803. The molecular weight excluding hydrogens is 392 g/mol. The second-order valence-electron chi connectivity index (χ2n) is 10.5.